The Balaban J connectivity index is 2.61. The minimum atomic E-state index is -1.23. The van der Waals surface area contributed by atoms with Gasteiger partial charge in [0, 0.05) is 0 Å². The first kappa shape index (κ1) is 13.6. The molecular formula is C13H18FNO2. The van der Waals surface area contributed by atoms with Gasteiger partial charge in [-0.3, -0.25) is 4.79 Å². The van der Waals surface area contributed by atoms with E-state index in [0.29, 0.717) is 12.8 Å². The Hall–Kier alpha value is -1.42. The highest BCUT2D eigenvalue weighted by molar-refractivity contribution is 5.77. The average Bonchev–Trinajstić information content (AvgIpc) is 2.15. The Labute approximate surface area is 100 Å². The van der Waals surface area contributed by atoms with E-state index >= 15 is 0 Å². The van der Waals surface area contributed by atoms with Gasteiger partial charge in [0.15, 0.2) is 0 Å². The zero-order valence-corrected chi connectivity index (χ0v) is 10.1. The molecule has 0 aromatic heterocycles. The van der Waals surface area contributed by atoms with Crippen molar-refractivity contribution in [3.8, 4) is 0 Å². The van der Waals surface area contributed by atoms with Crippen LogP contribution < -0.4 is 5.73 Å². The lowest BCUT2D eigenvalue weighted by Crippen LogP contribution is -2.46. The molecule has 1 rings (SSSR count). The molecule has 0 spiro atoms. The summed E-state index contributed by atoms with van der Waals surface area (Å²) >= 11 is 0. The van der Waals surface area contributed by atoms with Gasteiger partial charge >= 0.3 is 5.97 Å². The molecule has 2 unspecified atom stereocenters. The molecule has 0 radical (unpaired) electrons. The van der Waals surface area contributed by atoms with Crippen LogP contribution in [0.3, 0.4) is 0 Å². The van der Waals surface area contributed by atoms with Crippen LogP contribution in [-0.2, 0) is 11.2 Å². The van der Waals surface area contributed by atoms with Crippen LogP contribution >= 0.6 is 0 Å². The summed E-state index contributed by atoms with van der Waals surface area (Å²) in [4.78, 5) is 10.9. The van der Waals surface area contributed by atoms with E-state index in [1.807, 2.05) is 13.0 Å². The van der Waals surface area contributed by atoms with Gasteiger partial charge in [-0.25, -0.2) is 4.39 Å². The zero-order chi connectivity index (χ0) is 13.1. The van der Waals surface area contributed by atoms with Crippen LogP contribution in [0.2, 0.25) is 0 Å². The van der Waals surface area contributed by atoms with Crippen LogP contribution in [0.5, 0.6) is 0 Å². The number of hydrogen-bond acceptors (Lipinski definition) is 2. The number of halogens is 1. The maximum absolute atomic E-state index is 13.0. The lowest BCUT2D eigenvalue weighted by molar-refractivity contribution is -0.143. The van der Waals surface area contributed by atoms with Gasteiger partial charge in [-0.05, 0) is 43.4 Å². The molecule has 2 atom stereocenters. The van der Waals surface area contributed by atoms with E-state index in [1.165, 1.54) is 19.1 Å². The minimum absolute atomic E-state index is 0.0860. The molecule has 1 aromatic rings. The lowest BCUT2D eigenvalue weighted by Gasteiger charge is -2.23. The van der Waals surface area contributed by atoms with Crippen LogP contribution in [0.15, 0.2) is 24.3 Å². The first-order valence-electron chi connectivity index (χ1n) is 5.58. The van der Waals surface area contributed by atoms with E-state index in [0.717, 1.165) is 5.56 Å². The maximum atomic E-state index is 13.0. The van der Waals surface area contributed by atoms with Gasteiger partial charge in [0.25, 0.3) is 0 Å². The molecule has 0 fully saturated rings. The number of nitrogens with two attached hydrogens (primary N) is 1. The number of aliphatic carboxylic acids is 1. The molecule has 4 heteroatoms. The third-order valence-electron chi connectivity index (χ3n) is 2.73. The maximum Gasteiger partial charge on any atom is 0.323 e. The van der Waals surface area contributed by atoms with Crippen LogP contribution in [0.1, 0.15) is 25.8 Å². The molecule has 94 valence electrons. The van der Waals surface area contributed by atoms with Crippen molar-refractivity contribution in [3.63, 3.8) is 0 Å². The third kappa shape index (κ3) is 4.15. The summed E-state index contributed by atoms with van der Waals surface area (Å²) in [5, 5.41) is 8.92. The number of benzene rings is 1. The monoisotopic (exact) mass is 239 g/mol. The summed E-state index contributed by atoms with van der Waals surface area (Å²) in [7, 11) is 0. The summed E-state index contributed by atoms with van der Waals surface area (Å²) in [5.74, 6) is -1.20. The van der Waals surface area contributed by atoms with E-state index in [-0.39, 0.29) is 11.7 Å². The number of carboxylic acids is 1. The second-order valence-corrected chi connectivity index (χ2v) is 4.87. The molecule has 3 nitrogen and oxygen atoms in total. The van der Waals surface area contributed by atoms with Crippen molar-refractivity contribution in [2.45, 2.75) is 32.2 Å². The predicted molar refractivity (Wildman–Crippen MR) is 64.1 cm³/mol. The molecule has 17 heavy (non-hydrogen) atoms. The molecule has 0 aliphatic heterocycles. The molecule has 0 saturated carbocycles. The van der Waals surface area contributed by atoms with Crippen molar-refractivity contribution in [3.05, 3.63) is 35.6 Å². The van der Waals surface area contributed by atoms with E-state index in [1.54, 1.807) is 6.07 Å². The van der Waals surface area contributed by atoms with E-state index < -0.39 is 11.5 Å². The molecule has 0 amide bonds. The third-order valence-corrected chi connectivity index (χ3v) is 2.73. The minimum Gasteiger partial charge on any atom is -0.480 e. The molecular weight excluding hydrogens is 221 g/mol. The Morgan fingerprint density at radius 1 is 1.59 bits per heavy atom. The van der Waals surface area contributed by atoms with Crippen LogP contribution in [0.25, 0.3) is 0 Å². The topological polar surface area (TPSA) is 63.3 Å². The van der Waals surface area contributed by atoms with Gasteiger partial charge in [0.1, 0.15) is 11.4 Å². The predicted octanol–water partition coefficient (Wildman–Crippen LogP) is 2.20. The number of rotatable bonds is 5. The second-order valence-electron chi connectivity index (χ2n) is 4.87. The number of carboxylic acid groups (broad SMARTS) is 1. The van der Waals surface area contributed by atoms with Gasteiger partial charge in [0.2, 0.25) is 0 Å². The Kier molecular flexibility index (Phi) is 4.23. The standard InChI is InChI=1S/C13H18FNO2/c1-9(8-13(2,15)12(16)17)6-10-4-3-5-11(14)7-10/h3-5,7,9H,6,8,15H2,1-2H3,(H,16,17). The summed E-state index contributed by atoms with van der Waals surface area (Å²) in [6, 6.07) is 6.33. The van der Waals surface area contributed by atoms with Gasteiger partial charge < -0.3 is 10.8 Å². The van der Waals surface area contributed by atoms with Crippen molar-refractivity contribution in [2.24, 2.45) is 11.7 Å². The van der Waals surface area contributed by atoms with Crippen LogP contribution in [0, 0.1) is 11.7 Å². The first-order chi connectivity index (χ1) is 7.81. The smallest absolute Gasteiger partial charge is 0.323 e. The highest BCUT2D eigenvalue weighted by Gasteiger charge is 2.29. The summed E-state index contributed by atoms with van der Waals surface area (Å²) in [6.45, 7) is 3.41. The van der Waals surface area contributed by atoms with Gasteiger partial charge in [-0.2, -0.15) is 0 Å². The largest absolute Gasteiger partial charge is 0.480 e. The normalized spacial score (nSPS) is 16.2. The van der Waals surface area contributed by atoms with E-state index in [4.69, 9.17) is 10.8 Å². The lowest BCUT2D eigenvalue weighted by atomic mass is 9.87. The van der Waals surface area contributed by atoms with Gasteiger partial charge in [0.05, 0.1) is 0 Å². The van der Waals surface area contributed by atoms with Gasteiger partial charge in [-0.1, -0.05) is 19.1 Å². The van der Waals surface area contributed by atoms with Crippen molar-refractivity contribution < 1.29 is 14.3 Å². The summed E-state index contributed by atoms with van der Waals surface area (Å²) < 4.78 is 13.0. The molecule has 0 aliphatic rings. The zero-order valence-electron chi connectivity index (χ0n) is 10.1. The van der Waals surface area contributed by atoms with Crippen molar-refractivity contribution in [1.29, 1.82) is 0 Å². The van der Waals surface area contributed by atoms with Crippen molar-refractivity contribution in [2.75, 3.05) is 0 Å². The quantitative estimate of drug-likeness (QED) is 0.828. The highest BCUT2D eigenvalue weighted by Crippen LogP contribution is 2.19. The Morgan fingerprint density at radius 2 is 2.24 bits per heavy atom. The molecule has 0 heterocycles. The molecule has 0 aliphatic carbocycles. The molecule has 3 N–H and O–H groups in total. The second kappa shape index (κ2) is 5.27. The van der Waals surface area contributed by atoms with Crippen molar-refractivity contribution >= 4 is 5.97 Å². The molecule has 1 aromatic carbocycles. The SMILES string of the molecule is CC(Cc1cccc(F)c1)CC(C)(N)C(=O)O. The van der Waals surface area contributed by atoms with E-state index in [2.05, 4.69) is 0 Å². The molecule has 0 bridgehead atoms. The van der Waals surface area contributed by atoms with E-state index in [9.17, 15) is 9.18 Å². The number of carbonyl (C=O) groups is 1. The fourth-order valence-electron chi connectivity index (χ4n) is 1.95. The van der Waals surface area contributed by atoms with Gasteiger partial charge in [-0.15, -0.1) is 0 Å². The fraction of sp³-hybridized carbons (Fsp3) is 0.462. The Bertz CT molecular complexity index is 404. The fourth-order valence-corrected chi connectivity index (χ4v) is 1.95. The average molecular weight is 239 g/mol. The summed E-state index contributed by atoms with van der Waals surface area (Å²) in [5.41, 5.74) is 5.30. The number of hydrogen-bond donors (Lipinski definition) is 2. The summed E-state index contributed by atoms with van der Waals surface area (Å²) in [6.07, 6.45) is 0.983. The van der Waals surface area contributed by atoms with Crippen LogP contribution in [0.4, 0.5) is 4.39 Å². The first-order valence-corrected chi connectivity index (χ1v) is 5.58. The highest BCUT2D eigenvalue weighted by atomic mass is 19.1. The Morgan fingerprint density at radius 3 is 2.76 bits per heavy atom. The molecule has 0 saturated heterocycles. The van der Waals surface area contributed by atoms with Crippen molar-refractivity contribution in [1.82, 2.24) is 0 Å². The van der Waals surface area contributed by atoms with Crippen LogP contribution in [-0.4, -0.2) is 16.6 Å².